The molecule has 114 valence electrons. The van der Waals surface area contributed by atoms with Crippen molar-refractivity contribution in [2.24, 2.45) is 0 Å². The molecule has 1 aromatic heterocycles. The fraction of sp³-hybridized carbons (Fsp3) is 0.333. The number of aromatic nitrogens is 2. The zero-order chi connectivity index (χ0) is 14.3. The second-order valence-electron chi connectivity index (χ2n) is 4.70. The van der Waals surface area contributed by atoms with Gasteiger partial charge in [0, 0.05) is 6.42 Å². The van der Waals surface area contributed by atoms with Crippen molar-refractivity contribution < 1.29 is 13.6 Å². The number of rotatable bonds is 2. The molecule has 3 rings (SSSR count). The summed E-state index contributed by atoms with van der Waals surface area (Å²) in [5, 5.41) is 5.41. The third-order valence-corrected chi connectivity index (χ3v) is 3.44. The summed E-state index contributed by atoms with van der Waals surface area (Å²) in [6, 6.07) is 4.25. The van der Waals surface area contributed by atoms with Crippen molar-refractivity contribution in [2.75, 3.05) is 11.9 Å². The van der Waals surface area contributed by atoms with Gasteiger partial charge in [0.25, 0.3) is 5.92 Å². The zero-order valence-corrected chi connectivity index (χ0v) is 12.2. The van der Waals surface area contributed by atoms with E-state index >= 15 is 0 Å². The monoisotopic (exact) mass is 336 g/mol. The highest BCUT2D eigenvalue weighted by molar-refractivity contribution is 6.35. The molecule has 0 radical (unpaired) electrons. The lowest BCUT2D eigenvalue weighted by Crippen LogP contribution is -2.35. The van der Waals surface area contributed by atoms with Crippen LogP contribution in [0.25, 0.3) is 11.0 Å². The van der Waals surface area contributed by atoms with Gasteiger partial charge in [-0.05, 0) is 12.1 Å². The fourth-order valence-corrected chi connectivity index (χ4v) is 2.38. The molecule has 1 unspecified atom stereocenters. The lowest BCUT2D eigenvalue weighted by atomic mass is 10.2. The van der Waals surface area contributed by atoms with Crippen LogP contribution in [-0.2, 0) is 4.79 Å². The maximum atomic E-state index is 13.0. The number of halogens is 4. The van der Waals surface area contributed by atoms with Gasteiger partial charge in [-0.15, -0.1) is 12.4 Å². The number of hydrogen-bond acceptors (Lipinski definition) is 3. The van der Waals surface area contributed by atoms with Crippen LogP contribution in [0.15, 0.2) is 18.2 Å². The van der Waals surface area contributed by atoms with E-state index in [9.17, 15) is 13.6 Å². The molecule has 9 heteroatoms. The highest BCUT2D eigenvalue weighted by Gasteiger charge is 2.42. The standard InChI is InChI=1S/C12H11ClF2N4O.ClH/c13-6-2-1-3-7-9(6)18-11(17-7)19-10(20)8-4-12(14,15)5-16-8;/h1-3,8,16H,4-5H2,(H2,17,18,19,20);1H. The van der Waals surface area contributed by atoms with E-state index in [0.717, 1.165) is 0 Å². The van der Waals surface area contributed by atoms with Gasteiger partial charge in [0.1, 0.15) is 5.52 Å². The molecule has 0 bridgehead atoms. The van der Waals surface area contributed by atoms with Crippen LogP contribution in [0.3, 0.4) is 0 Å². The number of nitrogens with zero attached hydrogens (tertiary/aromatic N) is 1. The Bertz CT molecular complexity index is 676. The average Bonchev–Trinajstić information content (AvgIpc) is 2.93. The van der Waals surface area contributed by atoms with E-state index in [4.69, 9.17) is 11.6 Å². The number of aromatic amines is 1. The number of carbonyl (C=O) groups is 1. The maximum absolute atomic E-state index is 13.0. The number of carbonyl (C=O) groups excluding carboxylic acids is 1. The van der Waals surface area contributed by atoms with Crippen molar-refractivity contribution in [1.29, 1.82) is 0 Å². The van der Waals surface area contributed by atoms with E-state index in [-0.39, 0.29) is 18.4 Å². The fourth-order valence-electron chi connectivity index (χ4n) is 2.16. The number of alkyl halides is 2. The van der Waals surface area contributed by atoms with Crippen molar-refractivity contribution in [3.63, 3.8) is 0 Å². The molecule has 21 heavy (non-hydrogen) atoms. The first-order chi connectivity index (χ1) is 9.44. The Labute approximate surface area is 129 Å². The summed E-state index contributed by atoms with van der Waals surface area (Å²) in [7, 11) is 0. The topological polar surface area (TPSA) is 69.8 Å². The average molecular weight is 337 g/mol. The molecule has 0 aliphatic carbocycles. The molecule has 2 aromatic rings. The Morgan fingerprint density at radius 1 is 1.48 bits per heavy atom. The Morgan fingerprint density at radius 3 is 2.86 bits per heavy atom. The molecule has 3 N–H and O–H groups in total. The molecule has 1 aromatic carbocycles. The van der Waals surface area contributed by atoms with Crippen molar-refractivity contribution >= 4 is 46.9 Å². The summed E-state index contributed by atoms with van der Waals surface area (Å²) in [6.45, 7) is -0.489. The number of hydrogen-bond donors (Lipinski definition) is 3. The minimum absolute atomic E-state index is 0. The third kappa shape index (κ3) is 3.25. The first-order valence-electron chi connectivity index (χ1n) is 6.01. The SMILES string of the molecule is Cl.O=C(Nc1nc2c(Cl)cccc2[nH]1)C1CC(F)(F)CN1. The number of imidazole rings is 1. The first-order valence-corrected chi connectivity index (χ1v) is 6.39. The van der Waals surface area contributed by atoms with E-state index < -0.39 is 30.8 Å². The van der Waals surface area contributed by atoms with Crippen LogP contribution in [0.5, 0.6) is 0 Å². The molecule has 0 saturated carbocycles. The van der Waals surface area contributed by atoms with Crippen molar-refractivity contribution in [3.8, 4) is 0 Å². The largest absolute Gasteiger partial charge is 0.324 e. The van der Waals surface area contributed by atoms with Gasteiger partial charge in [-0.2, -0.15) is 0 Å². The second-order valence-corrected chi connectivity index (χ2v) is 5.11. The molecule has 1 atom stereocenters. The summed E-state index contributed by atoms with van der Waals surface area (Å²) in [4.78, 5) is 18.9. The van der Waals surface area contributed by atoms with Gasteiger partial charge in [-0.3, -0.25) is 15.4 Å². The van der Waals surface area contributed by atoms with Crippen molar-refractivity contribution in [1.82, 2.24) is 15.3 Å². The Morgan fingerprint density at radius 2 is 2.24 bits per heavy atom. The molecule has 1 aliphatic heterocycles. The van der Waals surface area contributed by atoms with Gasteiger partial charge >= 0.3 is 0 Å². The Hall–Kier alpha value is -1.44. The van der Waals surface area contributed by atoms with Crippen LogP contribution in [0.2, 0.25) is 5.02 Å². The van der Waals surface area contributed by atoms with Crippen LogP contribution in [0, 0.1) is 0 Å². The van der Waals surface area contributed by atoms with Gasteiger partial charge in [0.15, 0.2) is 0 Å². The molecule has 1 saturated heterocycles. The molecule has 1 fully saturated rings. The van der Waals surface area contributed by atoms with Gasteiger partial charge < -0.3 is 4.98 Å². The second kappa shape index (κ2) is 5.75. The molecule has 1 amide bonds. The molecular weight excluding hydrogens is 325 g/mol. The molecule has 5 nitrogen and oxygen atoms in total. The molecule has 1 aliphatic rings. The smallest absolute Gasteiger partial charge is 0.262 e. The van der Waals surface area contributed by atoms with Crippen LogP contribution < -0.4 is 10.6 Å². The van der Waals surface area contributed by atoms with Crippen LogP contribution >= 0.6 is 24.0 Å². The summed E-state index contributed by atoms with van der Waals surface area (Å²) < 4.78 is 26.1. The summed E-state index contributed by atoms with van der Waals surface area (Å²) in [5.74, 6) is -3.20. The predicted molar refractivity (Wildman–Crippen MR) is 78.3 cm³/mol. The quantitative estimate of drug-likeness (QED) is 0.789. The summed E-state index contributed by atoms with van der Waals surface area (Å²) >= 11 is 5.96. The lowest BCUT2D eigenvalue weighted by molar-refractivity contribution is -0.118. The van der Waals surface area contributed by atoms with E-state index in [1.165, 1.54) is 0 Å². The third-order valence-electron chi connectivity index (χ3n) is 3.13. The molecule has 0 spiro atoms. The number of amides is 1. The predicted octanol–water partition coefficient (Wildman–Crippen LogP) is 2.57. The van der Waals surface area contributed by atoms with Gasteiger partial charge in [-0.25, -0.2) is 13.8 Å². The van der Waals surface area contributed by atoms with E-state index in [1.807, 2.05) is 0 Å². The van der Waals surface area contributed by atoms with Gasteiger partial charge in [0.05, 0.1) is 23.1 Å². The number of anilines is 1. The highest BCUT2D eigenvalue weighted by atomic mass is 35.5. The molecular formula is C12H12Cl2F2N4O. The van der Waals surface area contributed by atoms with Gasteiger partial charge in [0.2, 0.25) is 11.9 Å². The van der Waals surface area contributed by atoms with Crippen molar-refractivity contribution in [3.05, 3.63) is 23.2 Å². The maximum Gasteiger partial charge on any atom is 0.262 e. The number of H-pyrrole nitrogens is 1. The number of para-hydroxylation sites is 1. The first kappa shape index (κ1) is 15.9. The van der Waals surface area contributed by atoms with E-state index in [2.05, 4.69) is 20.6 Å². The number of benzene rings is 1. The summed E-state index contributed by atoms with van der Waals surface area (Å²) in [6.07, 6.45) is -0.514. The summed E-state index contributed by atoms with van der Waals surface area (Å²) in [5.41, 5.74) is 1.19. The lowest BCUT2D eigenvalue weighted by Gasteiger charge is -2.09. The van der Waals surface area contributed by atoms with Crippen LogP contribution in [0.1, 0.15) is 6.42 Å². The Kier molecular flexibility index (Phi) is 4.36. The molecule has 2 heterocycles. The van der Waals surface area contributed by atoms with Crippen molar-refractivity contribution in [2.45, 2.75) is 18.4 Å². The number of fused-ring (bicyclic) bond motifs is 1. The number of nitrogens with one attached hydrogen (secondary N) is 3. The Balaban J connectivity index is 0.00000161. The minimum Gasteiger partial charge on any atom is -0.324 e. The zero-order valence-electron chi connectivity index (χ0n) is 10.6. The normalized spacial score (nSPS) is 20.2. The minimum atomic E-state index is -2.85. The van der Waals surface area contributed by atoms with Gasteiger partial charge in [-0.1, -0.05) is 17.7 Å². The van der Waals surface area contributed by atoms with E-state index in [1.54, 1.807) is 18.2 Å². The highest BCUT2D eigenvalue weighted by Crippen LogP contribution is 2.26. The van der Waals surface area contributed by atoms with Crippen LogP contribution in [0.4, 0.5) is 14.7 Å². The van der Waals surface area contributed by atoms with Crippen LogP contribution in [-0.4, -0.2) is 34.4 Å². The van der Waals surface area contributed by atoms with E-state index in [0.29, 0.717) is 16.1 Å².